The first-order valence-corrected chi connectivity index (χ1v) is 14.3. The predicted molar refractivity (Wildman–Crippen MR) is 152 cm³/mol. The van der Waals surface area contributed by atoms with E-state index in [1.165, 1.54) is 12.5 Å². The molecular formula is C30H36F2N8. The highest BCUT2D eigenvalue weighted by atomic mass is 19.1. The molecule has 0 radical (unpaired) electrons. The SMILES string of the molecule is CCN1CCN(Cc2ccc(Nc3ncc(F)c(-c4cc(F)c5nn(C)c(C6CCCCC6)c5c4)n3)nc2)CC1. The number of hydrogen-bond donors (Lipinski definition) is 1. The molecule has 6 rings (SSSR count). The zero-order valence-electron chi connectivity index (χ0n) is 23.2. The van der Waals surface area contributed by atoms with E-state index in [1.54, 1.807) is 4.68 Å². The maximum absolute atomic E-state index is 15.2. The van der Waals surface area contributed by atoms with Gasteiger partial charge in [-0.1, -0.05) is 32.3 Å². The van der Waals surface area contributed by atoms with Gasteiger partial charge < -0.3 is 10.2 Å². The van der Waals surface area contributed by atoms with Crippen LogP contribution in [-0.4, -0.2) is 67.3 Å². The normalized spacial score (nSPS) is 17.5. The Morgan fingerprint density at radius 1 is 0.925 bits per heavy atom. The number of benzene rings is 1. The van der Waals surface area contributed by atoms with Crippen molar-refractivity contribution < 1.29 is 8.78 Å². The Morgan fingerprint density at radius 3 is 2.42 bits per heavy atom. The van der Waals surface area contributed by atoms with Gasteiger partial charge in [-0.05, 0) is 43.1 Å². The average molecular weight is 547 g/mol. The van der Waals surface area contributed by atoms with Crippen LogP contribution in [0.4, 0.5) is 20.5 Å². The first kappa shape index (κ1) is 26.7. The first-order chi connectivity index (χ1) is 19.5. The van der Waals surface area contributed by atoms with Gasteiger partial charge in [0.25, 0.3) is 0 Å². The molecule has 2 aliphatic rings. The van der Waals surface area contributed by atoms with Crippen molar-refractivity contribution in [2.24, 2.45) is 7.05 Å². The van der Waals surface area contributed by atoms with E-state index in [4.69, 9.17) is 0 Å². The van der Waals surface area contributed by atoms with Gasteiger partial charge in [0, 0.05) is 68.5 Å². The number of nitrogens with one attached hydrogen (secondary N) is 1. The summed E-state index contributed by atoms with van der Waals surface area (Å²) in [6.07, 6.45) is 8.59. The number of hydrogen-bond acceptors (Lipinski definition) is 7. The second kappa shape index (κ2) is 11.5. The fourth-order valence-electron chi connectivity index (χ4n) is 6.13. The monoisotopic (exact) mass is 546 g/mol. The molecule has 0 amide bonds. The molecule has 40 heavy (non-hydrogen) atoms. The van der Waals surface area contributed by atoms with Crippen molar-refractivity contribution in [3.05, 3.63) is 59.6 Å². The first-order valence-electron chi connectivity index (χ1n) is 14.3. The molecule has 1 saturated carbocycles. The van der Waals surface area contributed by atoms with E-state index in [2.05, 4.69) is 42.1 Å². The van der Waals surface area contributed by atoms with Crippen LogP contribution in [0.5, 0.6) is 0 Å². The minimum absolute atomic E-state index is 0.0413. The third-order valence-electron chi connectivity index (χ3n) is 8.33. The average Bonchev–Trinajstić information content (AvgIpc) is 3.32. The number of pyridine rings is 1. The molecule has 3 aromatic heterocycles. The number of aromatic nitrogens is 5. The summed E-state index contributed by atoms with van der Waals surface area (Å²) in [5.41, 5.74) is 2.87. The molecule has 0 atom stereocenters. The number of piperazine rings is 1. The summed E-state index contributed by atoms with van der Waals surface area (Å²) in [6.45, 7) is 8.43. The molecule has 4 heterocycles. The maximum atomic E-state index is 15.2. The van der Waals surface area contributed by atoms with Crippen LogP contribution >= 0.6 is 0 Å². The minimum Gasteiger partial charge on any atom is -0.309 e. The second-order valence-corrected chi connectivity index (χ2v) is 11.0. The van der Waals surface area contributed by atoms with E-state index in [9.17, 15) is 4.39 Å². The molecule has 8 nitrogen and oxygen atoms in total. The summed E-state index contributed by atoms with van der Waals surface area (Å²) < 4.78 is 32.0. The highest BCUT2D eigenvalue weighted by molar-refractivity contribution is 5.87. The lowest BCUT2D eigenvalue weighted by molar-refractivity contribution is 0.132. The Hall–Kier alpha value is -3.50. The van der Waals surface area contributed by atoms with Crippen LogP contribution in [0.25, 0.3) is 22.2 Å². The molecule has 1 aliphatic heterocycles. The van der Waals surface area contributed by atoms with E-state index in [-0.39, 0.29) is 11.6 Å². The quantitative estimate of drug-likeness (QED) is 0.322. The van der Waals surface area contributed by atoms with Gasteiger partial charge in [0.05, 0.1) is 6.20 Å². The topological polar surface area (TPSA) is 75.0 Å². The van der Waals surface area contributed by atoms with Crippen molar-refractivity contribution in [2.45, 2.75) is 51.5 Å². The van der Waals surface area contributed by atoms with Crippen molar-refractivity contribution in [1.29, 1.82) is 0 Å². The van der Waals surface area contributed by atoms with E-state index in [1.807, 2.05) is 31.4 Å². The maximum Gasteiger partial charge on any atom is 0.229 e. The fourth-order valence-corrected chi connectivity index (χ4v) is 6.13. The second-order valence-electron chi connectivity index (χ2n) is 11.0. The fraction of sp³-hybridized carbons (Fsp3) is 0.467. The van der Waals surface area contributed by atoms with Gasteiger partial charge in [-0.25, -0.2) is 23.7 Å². The van der Waals surface area contributed by atoms with E-state index >= 15 is 4.39 Å². The Morgan fingerprint density at radius 2 is 1.70 bits per heavy atom. The van der Waals surface area contributed by atoms with Crippen LogP contribution in [0.3, 0.4) is 0 Å². The van der Waals surface area contributed by atoms with Gasteiger partial charge in [0.15, 0.2) is 11.6 Å². The van der Waals surface area contributed by atoms with Gasteiger partial charge in [-0.2, -0.15) is 5.10 Å². The number of rotatable bonds is 7. The lowest BCUT2D eigenvalue weighted by Gasteiger charge is -2.33. The van der Waals surface area contributed by atoms with Crippen LogP contribution < -0.4 is 5.32 Å². The number of anilines is 2. The van der Waals surface area contributed by atoms with Gasteiger partial charge in [0.2, 0.25) is 5.95 Å². The summed E-state index contributed by atoms with van der Waals surface area (Å²) in [7, 11) is 1.86. The molecule has 10 heteroatoms. The Bertz CT molecular complexity index is 1470. The molecule has 1 aliphatic carbocycles. The third-order valence-corrected chi connectivity index (χ3v) is 8.33. The van der Waals surface area contributed by atoms with Crippen molar-refractivity contribution >= 4 is 22.7 Å². The minimum atomic E-state index is -0.612. The molecule has 1 saturated heterocycles. The Balaban J connectivity index is 1.22. The number of aryl methyl sites for hydroxylation is 1. The van der Waals surface area contributed by atoms with Crippen molar-refractivity contribution in [2.75, 3.05) is 38.0 Å². The van der Waals surface area contributed by atoms with Crippen molar-refractivity contribution in [3.8, 4) is 11.3 Å². The lowest BCUT2D eigenvalue weighted by Crippen LogP contribution is -2.45. The van der Waals surface area contributed by atoms with E-state index in [0.29, 0.717) is 22.8 Å². The van der Waals surface area contributed by atoms with Gasteiger partial charge in [-0.15, -0.1) is 0 Å². The predicted octanol–water partition coefficient (Wildman–Crippen LogP) is 5.63. The van der Waals surface area contributed by atoms with Gasteiger partial charge >= 0.3 is 0 Å². The summed E-state index contributed by atoms with van der Waals surface area (Å²) in [5, 5.41) is 8.26. The summed E-state index contributed by atoms with van der Waals surface area (Å²) in [4.78, 5) is 17.9. The Kier molecular flexibility index (Phi) is 7.71. The summed E-state index contributed by atoms with van der Waals surface area (Å²) in [5.74, 6) is -0.0112. The lowest BCUT2D eigenvalue weighted by atomic mass is 9.85. The van der Waals surface area contributed by atoms with E-state index in [0.717, 1.165) is 87.8 Å². The third kappa shape index (κ3) is 5.55. The Labute approximate surface area is 233 Å². The van der Waals surface area contributed by atoms with E-state index < -0.39 is 11.6 Å². The number of fused-ring (bicyclic) bond motifs is 1. The van der Waals surface area contributed by atoms with Gasteiger partial charge in [0.1, 0.15) is 17.0 Å². The van der Waals surface area contributed by atoms with Crippen LogP contribution in [0.15, 0.2) is 36.7 Å². The molecule has 4 aromatic rings. The summed E-state index contributed by atoms with van der Waals surface area (Å²) >= 11 is 0. The molecule has 2 fully saturated rings. The molecule has 0 spiro atoms. The largest absolute Gasteiger partial charge is 0.309 e. The number of nitrogens with zero attached hydrogens (tertiary/aromatic N) is 7. The molecule has 1 aromatic carbocycles. The van der Waals surface area contributed by atoms with Gasteiger partial charge in [-0.3, -0.25) is 9.58 Å². The molecule has 210 valence electrons. The number of halogens is 2. The highest BCUT2D eigenvalue weighted by Crippen LogP contribution is 2.38. The number of likely N-dealkylation sites (N-methyl/N-ethyl adjacent to an activating group) is 1. The van der Waals surface area contributed by atoms with Crippen molar-refractivity contribution in [3.63, 3.8) is 0 Å². The summed E-state index contributed by atoms with van der Waals surface area (Å²) in [6, 6.07) is 7.03. The zero-order chi connectivity index (χ0) is 27.6. The zero-order valence-corrected chi connectivity index (χ0v) is 23.2. The molecular weight excluding hydrogens is 510 g/mol. The molecule has 0 unspecified atom stereocenters. The van der Waals surface area contributed by atoms with Crippen molar-refractivity contribution in [1.82, 2.24) is 34.5 Å². The van der Waals surface area contributed by atoms with Crippen LogP contribution in [0.2, 0.25) is 0 Å². The van der Waals surface area contributed by atoms with Crippen LogP contribution in [0, 0.1) is 11.6 Å². The van der Waals surface area contributed by atoms with Crippen LogP contribution in [0.1, 0.15) is 56.2 Å². The smallest absolute Gasteiger partial charge is 0.229 e. The standard InChI is InChI=1S/C30H36F2N8/c1-3-39-11-13-40(14-12-39)19-20-9-10-26(33-17-20)35-30-34-18-25(32)27(36-30)22-15-23-28(24(31)16-22)37-38(2)29(23)21-7-5-4-6-8-21/h9-10,15-18,21H,3-8,11-14,19H2,1-2H3,(H,33,34,35,36). The van der Waals surface area contributed by atoms with Crippen LogP contribution in [-0.2, 0) is 13.6 Å². The molecule has 1 N–H and O–H groups in total. The highest BCUT2D eigenvalue weighted by Gasteiger charge is 2.24. The molecule has 0 bridgehead atoms.